The smallest absolute Gasteiger partial charge is 0.407 e. The number of carbonyl (C=O) groups excluding carboxylic acids is 6. The van der Waals surface area contributed by atoms with E-state index in [0.29, 0.717) is 12.8 Å². The van der Waals surface area contributed by atoms with Gasteiger partial charge in [-0.25, -0.2) is 4.79 Å². The van der Waals surface area contributed by atoms with E-state index >= 15 is 0 Å². The Morgan fingerprint density at radius 2 is 1.40 bits per heavy atom. The molecule has 5 amide bonds. The average molecular weight is 600 g/mol. The summed E-state index contributed by atoms with van der Waals surface area (Å²) < 4.78 is 10.4. The molecule has 0 aliphatic rings. The molecule has 42 heavy (non-hydrogen) atoms. The monoisotopic (exact) mass is 599 g/mol. The fourth-order valence-corrected chi connectivity index (χ4v) is 3.46. The van der Waals surface area contributed by atoms with Crippen LogP contribution in [0, 0.1) is 11.8 Å². The maximum atomic E-state index is 13.2. The van der Waals surface area contributed by atoms with E-state index in [2.05, 4.69) is 21.3 Å². The normalized spacial score (nSPS) is 12.6. The summed E-state index contributed by atoms with van der Waals surface area (Å²) in [5.74, 6) is -2.21. The number of hydrogen-bond acceptors (Lipinski definition) is 8. The number of ether oxygens (including phenoxy) is 2. The molecule has 0 aromatic rings. The van der Waals surface area contributed by atoms with Crippen LogP contribution in [0.2, 0.25) is 0 Å². The SMILES string of the molecule is CC(C)COC(=O)CC[C@H](NC(=O)CCCC(=O)N(C)C)C(=O)N[C@H](C(=O)NCCCNC(=O)OC(C)(C)C)C(C)C. The molecular weight excluding hydrogens is 546 g/mol. The highest BCUT2D eigenvalue weighted by Gasteiger charge is 2.29. The van der Waals surface area contributed by atoms with Crippen LogP contribution in [0.3, 0.4) is 0 Å². The van der Waals surface area contributed by atoms with Crippen LogP contribution in [0.25, 0.3) is 0 Å². The number of amides is 5. The van der Waals surface area contributed by atoms with Gasteiger partial charge >= 0.3 is 12.1 Å². The fourth-order valence-electron chi connectivity index (χ4n) is 3.46. The molecular formula is C29H53N5O8. The molecule has 0 fully saturated rings. The molecule has 0 saturated carbocycles. The van der Waals surface area contributed by atoms with Crippen molar-refractivity contribution >= 4 is 35.7 Å². The summed E-state index contributed by atoms with van der Waals surface area (Å²) in [5.41, 5.74) is -0.613. The van der Waals surface area contributed by atoms with Gasteiger partial charge in [0.1, 0.15) is 17.7 Å². The lowest BCUT2D eigenvalue weighted by atomic mass is 10.0. The molecule has 0 rings (SSSR count). The third-order valence-corrected chi connectivity index (χ3v) is 5.73. The van der Waals surface area contributed by atoms with Gasteiger partial charge in [-0.1, -0.05) is 27.7 Å². The highest BCUT2D eigenvalue weighted by Crippen LogP contribution is 2.08. The quantitative estimate of drug-likeness (QED) is 0.137. The minimum absolute atomic E-state index is 0.0199. The fraction of sp³-hybridized carbons (Fsp3) is 0.793. The van der Waals surface area contributed by atoms with Crippen molar-refractivity contribution < 1.29 is 38.2 Å². The Balaban J connectivity index is 5.14. The van der Waals surface area contributed by atoms with Crippen molar-refractivity contribution in [2.24, 2.45) is 11.8 Å². The van der Waals surface area contributed by atoms with E-state index in [9.17, 15) is 28.8 Å². The van der Waals surface area contributed by atoms with Crippen LogP contribution in [0.4, 0.5) is 4.79 Å². The molecule has 0 aromatic heterocycles. The summed E-state index contributed by atoms with van der Waals surface area (Å²) in [6.45, 7) is 13.4. The predicted octanol–water partition coefficient (Wildman–Crippen LogP) is 1.88. The first-order valence-electron chi connectivity index (χ1n) is 14.6. The lowest BCUT2D eigenvalue weighted by Crippen LogP contribution is -2.55. The molecule has 0 spiro atoms. The van der Waals surface area contributed by atoms with E-state index in [1.165, 1.54) is 4.90 Å². The first kappa shape index (κ1) is 38.6. The van der Waals surface area contributed by atoms with E-state index < -0.39 is 47.5 Å². The molecule has 0 heterocycles. The molecule has 0 radical (unpaired) electrons. The lowest BCUT2D eigenvalue weighted by Gasteiger charge is -2.25. The summed E-state index contributed by atoms with van der Waals surface area (Å²) in [5, 5.41) is 10.7. The van der Waals surface area contributed by atoms with Crippen molar-refractivity contribution in [1.82, 2.24) is 26.2 Å². The van der Waals surface area contributed by atoms with Crippen LogP contribution in [-0.4, -0.2) is 92.1 Å². The Labute approximate surface area is 250 Å². The van der Waals surface area contributed by atoms with Gasteiger partial charge in [-0.15, -0.1) is 0 Å². The molecule has 0 bridgehead atoms. The topological polar surface area (TPSA) is 172 Å². The summed E-state index contributed by atoms with van der Waals surface area (Å²) in [7, 11) is 3.26. The van der Waals surface area contributed by atoms with E-state index in [1.54, 1.807) is 48.7 Å². The Bertz CT molecular complexity index is 899. The lowest BCUT2D eigenvalue weighted by molar-refractivity contribution is -0.145. The van der Waals surface area contributed by atoms with Crippen LogP contribution in [0.1, 0.15) is 87.0 Å². The molecule has 4 N–H and O–H groups in total. The second-order valence-electron chi connectivity index (χ2n) is 12.2. The van der Waals surface area contributed by atoms with E-state index in [0.717, 1.165) is 0 Å². The number of carbonyl (C=O) groups is 6. The van der Waals surface area contributed by atoms with E-state index in [-0.39, 0.29) is 63.1 Å². The number of nitrogens with zero attached hydrogens (tertiary/aromatic N) is 1. The van der Waals surface area contributed by atoms with Crippen molar-refractivity contribution in [3.05, 3.63) is 0 Å². The average Bonchev–Trinajstić information content (AvgIpc) is 2.86. The van der Waals surface area contributed by atoms with Crippen molar-refractivity contribution in [3.8, 4) is 0 Å². The molecule has 0 aliphatic carbocycles. The molecule has 13 nitrogen and oxygen atoms in total. The highest BCUT2D eigenvalue weighted by atomic mass is 16.6. The maximum Gasteiger partial charge on any atom is 0.407 e. The zero-order chi connectivity index (χ0) is 32.5. The minimum atomic E-state index is -1.08. The van der Waals surface area contributed by atoms with Crippen molar-refractivity contribution in [2.45, 2.75) is 105 Å². The minimum Gasteiger partial charge on any atom is -0.465 e. The summed E-state index contributed by atoms with van der Waals surface area (Å²) >= 11 is 0. The Hall–Kier alpha value is -3.38. The summed E-state index contributed by atoms with van der Waals surface area (Å²) in [4.78, 5) is 75.9. The molecule has 0 unspecified atom stereocenters. The van der Waals surface area contributed by atoms with Gasteiger partial charge < -0.3 is 35.6 Å². The summed E-state index contributed by atoms with van der Waals surface area (Å²) in [6, 6.07) is -1.98. The number of esters is 1. The first-order chi connectivity index (χ1) is 19.4. The molecule has 13 heteroatoms. The highest BCUT2D eigenvalue weighted by molar-refractivity contribution is 5.92. The van der Waals surface area contributed by atoms with Gasteiger partial charge in [0.15, 0.2) is 0 Å². The second kappa shape index (κ2) is 19.7. The van der Waals surface area contributed by atoms with Gasteiger partial charge in [-0.2, -0.15) is 0 Å². The Morgan fingerprint density at radius 1 is 0.786 bits per heavy atom. The predicted molar refractivity (Wildman–Crippen MR) is 158 cm³/mol. The maximum absolute atomic E-state index is 13.2. The number of nitrogens with one attached hydrogen (secondary N) is 4. The van der Waals surface area contributed by atoms with Gasteiger partial charge in [0.05, 0.1) is 6.61 Å². The first-order valence-corrected chi connectivity index (χ1v) is 14.6. The van der Waals surface area contributed by atoms with E-state index in [4.69, 9.17) is 9.47 Å². The van der Waals surface area contributed by atoms with Gasteiger partial charge in [0.25, 0.3) is 0 Å². The Kier molecular flexibility index (Phi) is 18.1. The van der Waals surface area contributed by atoms with Crippen LogP contribution in [0.5, 0.6) is 0 Å². The summed E-state index contributed by atoms with van der Waals surface area (Å²) in [6.07, 6.45) is 0.270. The second-order valence-corrected chi connectivity index (χ2v) is 12.2. The standard InChI is InChI=1S/C29H53N5O8/c1-19(2)18-41-24(37)15-14-21(32-22(35)12-10-13-23(36)34(8)9)26(38)33-25(20(3)4)27(39)30-16-11-17-31-28(40)42-29(5,6)7/h19-21,25H,10-18H2,1-9H3,(H,30,39)(H,31,40)(H,32,35)(H,33,38)/t21-,25-/m0/s1. The third kappa shape index (κ3) is 18.9. The molecule has 0 saturated heterocycles. The molecule has 2 atom stereocenters. The van der Waals surface area contributed by atoms with Crippen LogP contribution >= 0.6 is 0 Å². The molecule has 242 valence electrons. The number of hydrogen-bond donors (Lipinski definition) is 4. The number of alkyl carbamates (subject to hydrolysis) is 1. The van der Waals surface area contributed by atoms with Crippen molar-refractivity contribution in [2.75, 3.05) is 33.8 Å². The van der Waals surface area contributed by atoms with Gasteiger partial charge in [-0.3, -0.25) is 24.0 Å². The molecule has 0 aliphatic heterocycles. The third-order valence-electron chi connectivity index (χ3n) is 5.73. The van der Waals surface area contributed by atoms with Gasteiger partial charge in [0.2, 0.25) is 23.6 Å². The van der Waals surface area contributed by atoms with Crippen LogP contribution in [0.15, 0.2) is 0 Å². The van der Waals surface area contributed by atoms with Crippen molar-refractivity contribution in [1.29, 1.82) is 0 Å². The largest absolute Gasteiger partial charge is 0.465 e. The van der Waals surface area contributed by atoms with Gasteiger partial charge in [0, 0.05) is 46.4 Å². The Morgan fingerprint density at radius 3 is 1.95 bits per heavy atom. The zero-order valence-electron chi connectivity index (χ0n) is 26.9. The van der Waals surface area contributed by atoms with Crippen LogP contribution in [-0.2, 0) is 33.4 Å². The number of rotatable bonds is 18. The van der Waals surface area contributed by atoms with Crippen molar-refractivity contribution in [3.63, 3.8) is 0 Å². The van der Waals surface area contributed by atoms with E-state index in [1.807, 2.05) is 13.8 Å². The van der Waals surface area contributed by atoms with Gasteiger partial charge in [-0.05, 0) is 51.9 Å². The zero-order valence-corrected chi connectivity index (χ0v) is 26.9. The molecule has 0 aromatic carbocycles. The van der Waals surface area contributed by atoms with Crippen LogP contribution < -0.4 is 21.3 Å².